The fourth-order valence-corrected chi connectivity index (χ4v) is 2.12. The van der Waals surface area contributed by atoms with Crippen LogP contribution in [-0.2, 0) is 0 Å². The average molecular weight is 179 g/mol. The molecule has 0 bridgehead atoms. The summed E-state index contributed by atoms with van der Waals surface area (Å²) in [4.78, 5) is 2.21. The quantitative estimate of drug-likeness (QED) is 0.656. The van der Waals surface area contributed by atoms with E-state index in [4.69, 9.17) is 5.26 Å². The predicted molar refractivity (Wildman–Crippen MR) is 48.4 cm³/mol. The molecule has 3 nitrogen and oxygen atoms in total. The minimum Gasteiger partial charge on any atom is -0.361 e. The summed E-state index contributed by atoms with van der Waals surface area (Å²) < 4.78 is 4.17. The van der Waals surface area contributed by atoms with Gasteiger partial charge in [-0.2, -0.15) is 9.64 Å². The molecule has 0 unspecified atom stereocenters. The molecule has 0 aromatic carbocycles. The van der Waals surface area contributed by atoms with Gasteiger partial charge in [0.1, 0.15) is 16.6 Å². The second-order valence-corrected chi connectivity index (χ2v) is 3.65. The molecule has 0 atom stereocenters. The first-order chi connectivity index (χ1) is 5.83. The maximum atomic E-state index is 8.85. The molecule has 1 aromatic rings. The van der Waals surface area contributed by atoms with Gasteiger partial charge in [-0.25, -0.2) is 0 Å². The standard InChI is InChI=1S/C8H9N3S/c1-6-7(5-9)8(12-10-6)11-3-2-4-11/h2-4H2,1H3. The Hall–Kier alpha value is -1.08. The van der Waals surface area contributed by atoms with Gasteiger partial charge in [-0.05, 0) is 24.9 Å². The lowest BCUT2D eigenvalue weighted by Gasteiger charge is -2.31. The Morgan fingerprint density at radius 2 is 2.33 bits per heavy atom. The third-order valence-corrected chi connectivity index (χ3v) is 3.10. The van der Waals surface area contributed by atoms with Gasteiger partial charge in [-0.1, -0.05) is 0 Å². The summed E-state index contributed by atoms with van der Waals surface area (Å²) >= 11 is 1.44. The highest BCUT2D eigenvalue weighted by Gasteiger charge is 2.21. The number of aryl methyl sites for hydroxylation is 1. The van der Waals surface area contributed by atoms with E-state index in [0.29, 0.717) is 0 Å². The molecule has 0 saturated carbocycles. The number of nitrogens with zero attached hydrogens (tertiary/aromatic N) is 3. The summed E-state index contributed by atoms with van der Waals surface area (Å²) in [5, 5.41) is 9.90. The zero-order valence-electron chi connectivity index (χ0n) is 6.87. The molecule has 0 radical (unpaired) electrons. The van der Waals surface area contributed by atoms with E-state index in [1.807, 2.05) is 6.92 Å². The summed E-state index contributed by atoms with van der Waals surface area (Å²) in [6.45, 7) is 4.05. The Morgan fingerprint density at radius 1 is 1.58 bits per heavy atom. The summed E-state index contributed by atoms with van der Waals surface area (Å²) in [6, 6.07) is 2.20. The lowest BCUT2D eigenvalue weighted by atomic mass is 10.2. The van der Waals surface area contributed by atoms with Gasteiger partial charge >= 0.3 is 0 Å². The minimum absolute atomic E-state index is 0.764. The molecule has 1 saturated heterocycles. The number of anilines is 1. The second-order valence-electron chi connectivity index (χ2n) is 2.90. The van der Waals surface area contributed by atoms with Crippen LogP contribution in [0.3, 0.4) is 0 Å². The van der Waals surface area contributed by atoms with Crippen molar-refractivity contribution in [1.82, 2.24) is 4.37 Å². The van der Waals surface area contributed by atoms with Crippen LogP contribution in [0.1, 0.15) is 17.7 Å². The lowest BCUT2D eigenvalue weighted by Crippen LogP contribution is -2.36. The number of hydrogen-bond acceptors (Lipinski definition) is 4. The van der Waals surface area contributed by atoms with Gasteiger partial charge in [0.05, 0.1) is 5.69 Å². The molecule has 1 fully saturated rings. The number of nitriles is 1. The van der Waals surface area contributed by atoms with Crippen LogP contribution >= 0.6 is 11.5 Å². The highest BCUT2D eigenvalue weighted by Crippen LogP contribution is 2.30. The second kappa shape index (κ2) is 2.76. The van der Waals surface area contributed by atoms with Crippen molar-refractivity contribution >= 4 is 16.5 Å². The van der Waals surface area contributed by atoms with Gasteiger partial charge in [-0.15, -0.1) is 0 Å². The average Bonchev–Trinajstić information content (AvgIpc) is 2.29. The van der Waals surface area contributed by atoms with Crippen LogP contribution in [0.5, 0.6) is 0 Å². The highest BCUT2D eigenvalue weighted by atomic mass is 32.1. The molecule has 0 amide bonds. The van der Waals surface area contributed by atoms with E-state index in [2.05, 4.69) is 15.3 Å². The molecule has 1 aliphatic rings. The number of hydrogen-bond donors (Lipinski definition) is 0. The fraction of sp³-hybridized carbons (Fsp3) is 0.500. The molecule has 2 heterocycles. The van der Waals surface area contributed by atoms with Gasteiger partial charge in [0, 0.05) is 13.1 Å². The topological polar surface area (TPSA) is 39.9 Å². The number of aromatic nitrogens is 1. The first-order valence-electron chi connectivity index (χ1n) is 3.94. The maximum Gasteiger partial charge on any atom is 0.130 e. The van der Waals surface area contributed by atoms with Crippen LogP contribution in [0, 0.1) is 18.3 Å². The first kappa shape index (κ1) is 7.56. The summed E-state index contributed by atoms with van der Waals surface area (Å²) in [5.41, 5.74) is 1.63. The molecule has 1 aliphatic heterocycles. The molecule has 2 rings (SSSR count). The van der Waals surface area contributed by atoms with Gasteiger partial charge in [-0.3, -0.25) is 0 Å². The van der Waals surface area contributed by atoms with Crippen molar-refractivity contribution in [3.63, 3.8) is 0 Å². The van der Waals surface area contributed by atoms with Crippen molar-refractivity contribution in [2.24, 2.45) is 0 Å². The van der Waals surface area contributed by atoms with Gasteiger partial charge in [0.15, 0.2) is 0 Å². The van der Waals surface area contributed by atoms with Crippen molar-refractivity contribution < 1.29 is 0 Å². The fourth-order valence-electron chi connectivity index (χ4n) is 1.22. The molecule has 0 spiro atoms. The predicted octanol–water partition coefficient (Wildman–Crippen LogP) is 1.53. The highest BCUT2D eigenvalue weighted by molar-refractivity contribution is 7.10. The van der Waals surface area contributed by atoms with E-state index in [1.165, 1.54) is 18.0 Å². The van der Waals surface area contributed by atoms with E-state index in [1.54, 1.807) is 0 Å². The smallest absolute Gasteiger partial charge is 0.130 e. The maximum absolute atomic E-state index is 8.85. The normalized spacial score (nSPS) is 15.5. The minimum atomic E-state index is 0.764. The number of rotatable bonds is 1. The Kier molecular flexibility index (Phi) is 1.74. The van der Waals surface area contributed by atoms with Crippen LogP contribution in [0.15, 0.2) is 0 Å². The van der Waals surface area contributed by atoms with Crippen molar-refractivity contribution in [3.05, 3.63) is 11.3 Å². The SMILES string of the molecule is Cc1nsc(N2CCC2)c1C#N. The van der Waals surface area contributed by atoms with Crippen LogP contribution in [-0.4, -0.2) is 17.5 Å². The molecular weight excluding hydrogens is 170 g/mol. The largest absolute Gasteiger partial charge is 0.361 e. The Bertz CT molecular complexity index is 333. The zero-order valence-corrected chi connectivity index (χ0v) is 7.69. The van der Waals surface area contributed by atoms with Crippen molar-refractivity contribution in [2.45, 2.75) is 13.3 Å². The monoisotopic (exact) mass is 179 g/mol. The molecule has 0 aliphatic carbocycles. The van der Waals surface area contributed by atoms with E-state index in [9.17, 15) is 0 Å². The van der Waals surface area contributed by atoms with Gasteiger partial charge in [0.2, 0.25) is 0 Å². The van der Waals surface area contributed by atoms with Crippen LogP contribution in [0.4, 0.5) is 5.00 Å². The third kappa shape index (κ3) is 0.978. The van der Waals surface area contributed by atoms with Crippen LogP contribution in [0.2, 0.25) is 0 Å². The van der Waals surface area contributed by atoms with Crippen molar-refractivity contribution in [3.8, 4) is 6.07 Å². The van der Waals surface area contributed by atoms with Crippen LogP contribution in [0.25, 0.3) is 0 Å². The molecule has 62 valence electrons. The molecular formula is C8H9N3S. The van der Waals surface area contributed by atoms with E-state index in [-0.39, 0.29) is 0 Å². The molecule has 0 N–H and O–H groups in total. The molecule has 1 aromatic heterocycles. The summed E-state index contributed by atoms with van der Waals surface area (Å²) in [6.07, 6.45) is 1.24. The Balaban J connectivity index is 2.37. The molecule has 4 heteroatoms. The Labute approximate surface area is 75.4 Å². The third-order valence-electron chi connectivity index (χ3n) is 2.10. The van der Waals surface area contributed by atoms with E-state index < -0.39 is 0 Å². The summed E-state index contributed by atoms with van der Waals surface area (Å²) in [5.74, 6) is 0. The van der Waals surface area contributed by atoms with Crippen molar-refractivity contribution in [2.75, 3.05) is 18.0 Å². The zero-order chi connectivity index (χ0) is 8.55. The summed E-state index contributed by atoms with van der Waals surface area (Å²) in [7, 11) is 0. The van der Waals surface area contributed by atoms with E-state index >= 15 is 0 Å². The van der Waals surface area contributed by atoms with Crippen molar-refractivity contribution in [1.29, 1.82) is 5.26 Å². The van der Waals surface area contributed by atoms with Gasteiger partial charge < -0.3 is 4.90 Å². The lowest BCUT2D eigenvalue weighted by molar-refractivity contribution is 0.622. The van der Waals surface area contributed by atoms with Crippen LogP contribution < -0.4 is 4.90 Å². The van der Waals surface area contributed by atoms with Gasteiger partial charge in [0.25, 0.3) is 0 Å². The van der Waals surface area contributed by atoms with E-state index in [0.717, 1.165) is 29.3 Å². The Morgan fingerprint density at radius 3 is 2.83 bits per heavy atom. The first-order valence-corrected chi connectivity index (χ1v) is 4.71. The molecule has 12 heavy (non-hydrogen) atoms.